The van der Waals surface area contributed by atoms with E-state index in [1.807, 2.05) is 0 Å². The average Bonchev–Trinajstić information content (AvgIpc) is 2.34. The van der Waals surface area contributed by atoms with E-state index in [1.54, 1.807) is 12.1 Å². The highest BCUT2D eigenvalue weighted by atomic mass is 35.5. The molecule has 1 heterocycles. The van der Waals surface area contributed by atoms with E-state index in [9.17, 15) is 4.79 Å². The molecule has 1 rings (SSSR count). The van der Waals surface area contributed by atoms with Crippen molar-refractivity contribution in [3.63, 3.8) is 0 Å². The lowest BCUT2D eigenvalue weighted by atomic mass is 10.2. The standard InChI is InChI=1S/C13H19ClN2O2/c1-10(2)9-18-7-3-6-15-13(17)11-4-5-12(14)16-8-11/h4-5,8,10H,3,6-7,9H2,1-2H3,(H,15,17). The SMILES string of the molecule is CC(C)COCCCNC(=O)c1ccc(Cl)nc1. The van der Waals surface area contributed by atoms with Gasteiger partial charge < -0.3 is 10.1 Å². The molecule has 0 aliphatic heterocycles. The van der Waals surface area contributed by atoms with Gasteiger partial charge >= 0.3 is 0 Å². The quantitative estimate of drug-likeness (QED) is 0.612. The highest BCUT2D eigenvalue weighted by Gasteiger charge is 2.04. The number of aromatic nitrogens is 1. The normalized spacial score (nSPS) is 10.7. The van der Waals surface area contributed by atoms with E-state index >= 15 is 0 Å². The lowest BCUT2D eigenvalue weighted by Crippen LogP contribution is -2.25. The second-order valence-electron chi connectivity index (χ2n) is 4.45. The number of rotatable bonds is 7. The number of nitrogens with one attached hydrogen (secondary N) is 1. The van der Waals surface area contributed by atoms with Crippen LogP contribution < -0.4 is 5.32 Å². The van der Waals surface area contributed by atoms with Crippen LogP contribution in [-0.4, -0.2) is 30.6 Å². The summed E-state index contributed by atoms with van der Waals surface area (Å²) in [6.07, 6.45) is 2.27. The molecule has 0 aliphatic rings. The summed E-state index contributed by atoms with van der Waals surface area (Å²) in [4.78, 5) is 15.5. The van der Waals surface area contributed by atoms with Gasteiger partial charge in [-0.05, 0) is 24.5 Å². The van der Waals surface area contributed by atoms with Crippen molar-refractivity contribution in [3.05, 3.63) is 29.0 Å². The zero-order valence-electron chi connectivity index (χ0n) is 10.8. The van der Waals surface area contributed by atoms with Crippen molar-refractivity contribution in [3.8, 4) is 0 Å². The van der Waals surface area contributed by atoms with Crippen LogP contribution in [0.1, 0.15) is 30.6 Å². The molecule has 0 aromatic carbocycles. The van der Waals surface area contributed by atoms with Gasteiger partial charge in [0.25, 0.3) is 5.91 Å². The summed E-state index contributed by atoms with van der Waals surface area (Å²) < 4.78 is 5.42. The maximum absolute atomic E-state index is 11.7. The Labute approximate surface area is 113 Å². The number of carbonyl (C=O) groups is 1. The molecule has 0 bridgehead atoms. The van der Waals surface area contributed by atoms with E-state index in [2.05, 4.69) is 24.1 Å². The fourth-order valence-corrected chi connectivity index (χ4v) is 1.42. The first-order chi connectivity index (χ1) is 8.59. The van der Waals surface area contributed by atoms with Gasteiger partial charge in [0, 0.05) is 26.0 Å². The molecular weight excluding hydrogens is 252 g/mol. The van der Waals surface area contributed by atoms with Gasteiger partial charge in [0.2, 0.25) is 0 Å². The van der Waals surface area contributed by atoms with Crippen molar-refractivity contribution < 1.29 is 9.53 Å². The third-order valence-electron chi connectivity index (χ3n) is 2.19. The van der Waals surface area contributed by atoms with Crippen LogP contribution in [0.25, 0.3) is 0 Å². The molecule has 0 aliphatic carbocycles. The fraction of sp³-hybridized carbons (Fsp3) is 0.538. The van der Waals surface area contributed by atoms with Crippen molar-refractivity contribution >= 4 is 17.5 Å². The van der Waals surface area contributed by atoms with E-state index in [0.29, 0.717) is 29.8 Å². The van der Waals surface area contributed by atoms with Crippen LogP contribution in [0.15, 0.2) is 18.3 Å². The number of nitrogens with zero attached hydrogens (tertiary/aromatic N) is 1. The minimum atomic E-state index is -0.136. The number of pyridine rings is 1. The zero-order chi connectivity index (χ0) is 13.4. The van der Waals surface area contributed by atoms with Gasteiger partial charge in [-0.25, -0.2) is 4.98 Å². The summed E-state index contributed by atoms with van der Waals surface area (Å²) in [6, 6.07) is 3.25. The number of halogens is 1. The van der Waals surface area contributed by atoms with Crippen LogP contribution in [0.3, 0.4) is 0 Å². The van der Waals surface area contributed by atoms with E-state index in [1.165, 1.54) is 6.20 Å². The molecule has 0 saturated carbocycles. The Balaban J connectivity index is 2.16. The van der Waals surface area contributed by atoms with Crippen LogP contribution in [0.5, 0.6) is 0 Å². The topological polar surface area (TPSA) is 51.2 Å². The molecule has 0 spiro atoms. The molecule has 0 saturated heterocycles. The Bertz CT molecular complexity index is 366. The lowest BCUT2D eigenvalue weighted by Gasteiger charge is -2.07. The van der Waals surface area contributed by atoms with E-state index in [0.717, 1.165) is 13.0 Å². The summed E-state index contributed by atoms with van der Waals surface area (Å²) in [6.45, 7) is 6.23. The number of amides is 1. The first-order valence-electron chi connectivity index (χ1n) is 6.07. The summed E-state index contributed by atoms with van der Waals surface area (Å²) in [7, 11) is 0. The van der Waals surface area contributed by atoms with Crippen LogP contribution in [-0.2, 0) is 4.74 Å². The molecule has 0 atom stereocenters. The van der Waals surface area contributed by atoms with Crippen molar-refractivity contribution in [2.24, 2.45) is 5.92 Å². The number of hydrogen-bond acceptors (Lipinski definition) is 3. The predicted molar refractivity (Wildman–Crippen MR) is 71.9 cm³/mol. The number of hydrogen-bond donors (Lipinski definition) is 1. The smallest absolute Gasteiger partial charge is 0.252 e. The molecule has 5 heteroatoms. The molecule has 100 valence electrons. The Morgan fingerprint density at radius 1 is 1.50 bits per heavy atom. The molecule has 1 aromatic rings. The molecular formula is C13H19ClN2O2. The van der Waals surface area contributed by atoms with E-state index in [4.69, 9.17) is 16.3 Å². The van der Waals surface area contributed by atoms with Crippen molar-refractivity contribution in [1.29, 1.82) is 0 Å². The molecule has 0 radical (unpaired) electrons. The van der Waals surface area contributed by atoms with Crippen LogP contribution >= 0.6 is 11.6 Å². The molecule has 0 unspecified atom stereocenters. The number of ether oxygens (including phenoxy) is 1. The van der Waals surface area contributed by atoms with Gasteiger partial charge in [-0.2, -0.15) is 0 Å². The second kappa shape index (κ2) is 8.06. The molecule has 0 fully saturated rings. The van der Waals surface area contributed by atoms with Crippen molar-refractivity contribution in [2.45, 2.75) is 20.3 Å². The molecule has 1 N–H and O–H groups in total. The summed E-state index contributed by atoms with van der Waals surface area (Å²) in [5.41, 5.74) is 0.516. The minimum absolute atomic E-state index is 0.136. The lowest BCUT2D eigenvalue weighted by molar-refractivity contribution is 0.0924. The number of carbonyl (C=O) groups excluding carboxylic acids is 1. The van der Waals surface area contributed by atoms with Gasteiger partial charge in [0.15, 0.2) is 0 Å². The largest absolute Gasteiger partial charge is 0.381 e. The van der Waals surface area contributed by atoms with E-state index in [-0.39, 0.29) is 5.91 Å². The van der Waals surface area contributed by atoms with Gasteiger partial charge in [0.05, 0.1) is 5.56 Å². The third kappa shape index (κ3) is 5.98. The highest BCUT2D eigenvalue weighted by Crippen LogP contribution is 2.04. The molecule has 18 heavy (non-hydrogen) atoms. The first kappa shape index (κ1) is 14.9. The monoisotopic (exact) mass is 270 g/mol. The van der Waals surface area contributed by atoms with Gasteiger partial charge in [0.1, 0.15) is 5.15 Å². The Kier molecular flexibility index (Phi) is 6.68. The maximum atomic E-state index is 11.7. The van der Waals surface area contributed by atoms with Gasteiger partial charge in [-0.3, -0.25) is 4.79 Å². The predicted octanol–water partition coefficient (Wildman–Crippen LogP) is 2.53. The third-order valence-corrected chi connectivity index (χ3v) is 2.42. The van der Waals surface area contributed by atoms with E-state index < -0.39 is 0 Å². The van der Waals surface area contributed by atoms with Crippen LogP contribution in [0.4, 0.5) is 0 Å². The summed E-state index contributed by atoms with van der Waals surface area (Å²) in [5.74, 6) is 0.405. The molecule has 1 aromatic heterocycles. The zero-order valence-corrected chi connectivity index (χ0v) is 11.5. The van der Waals surface area contributed by atoms with Crippen molar-refractivity contribution in [1.82, 2.24) is 10.3 Å². The summed E-state index contributed by atoms with van der Waals surface area (Å²) >= 11 is 5.64. The second-order valence-corrected chi connectivity index (χ2v) is 4.84. The van der Waals surface area contributed by atoms with Crippen molar-refractivity contribution in [2.75, 3.05) is 19.8 Å². The fourth-order valence-electron chi connectivity index (χ4n) is 1.31. The summed E-state index contributed by atoms with van der Waals surface area (Å²) in [5, 5.41) is 3.19. The Morgan fingerprint density at radius 3 is 2.89 bits per heavy atom. The van der Waals surface area contributed by atoms with Gasteiger partial charge in [-0.1, -0.05) is 25.4 Å². The van der Waals surface area contributed by atoms with Crippen LogP contribution in [0.2, 0.25) is 5.15 Å². The Hall–Kier alpha value is -1.13. The average molecular weight is 271 g/mol. The van der Waals surface area contributed by atoms with Gasteiger partial charge in [-0.15, -0.1) is 0 Å². The molecule has 4 nitrogen and oxygen atoms in total. The van der Waals surface area contributed by atoms with Crippen LogP contribution in [0, 0.1) is 5.92 Å². The maximum Gasteiger partial charge on any atom is 0.252 e. The Morgan fingerprint density at radius 2 is 2.28 bits per heavy atom. The molecule has 1 amide bonds. The highest BCUT2D eigenvalue weighted by molar-refractivity contribution is 6.29. The first-order valence-corrected chi connectivity index (χ1v) is 6.45. The minimum Gasteiger partial charge on any atom is -0.381 e.